The molecule has 20 heavy (non-hydrogen) atoms. The zero-order valence-corrected chi connectivity index (χ0v) is 12.7. The second kappa shape index (κ2) is 7.44. The molecule has 2 rings (SSSR count). The molecule has 1 N–H and O–H groups in total. The molecule has 1 aromatic carbocycles. The van der Waals surface area contributed by atoms with Crippen LogP contribution in [-0.4, -0.2) is 25.0 Å². The van der Waals surface area contributed by atoms with E-state index in [-0.39, 0.29) is 5.91 Å². The van der Waals surface area contributed by atoms with E-state index in [1.54, 1.807) is 0 Å². The molecule has 1 fully saturated rings. The quantitative estimate of drug-likeness (QED) is 0.893. The minimum atomic E-state index is 0.245. The van der Waals surface area contributed by atoms with Crippen LogP contribution in [0, 0.1) is 6.92 Å². The van der Waals surface area contributed by atoms with Gasteiger partial charge in [0.15, 0.2) is 0 Å². The topological polar surface area (TPSA) is 32.3 Å². The first-order valence-corrected chi connectivity index (χ1v) is 7.81. The van der Waals surface area contributed by atoms with Crippen molar-refractivity contribution < 1.29 is 4.79 Å². The molecule has 0 bridgehead atoms. The van der Waals surface area contributed by atoms with Crippen LogP contribution in [0.4, 0.5) is 5.69 Å². The summed E-state index contributed by atoms with van der Waals surface area (Å²) in [5, 5.41) is 3.51. The van der Waals surface area contributed by atoms with Crippen LogP contribution in [0.2, 0.25) is 0 Å². The van der Waals surface area contributed by atoms with Crippen LogP contribution in [0.15, 0.2) is 24.3 Å². The molecule has 0 aliphatic carbocycles. The summed E-state index contributed by atoms with van der Waals surface area (Å²) in [4.78, 5) is 14.4. The van der Waals surface area contributed by atoms with E-state index in [4.69, 9.17) is 0 Å². The molecule has 1 aromatic rings. The molecule has 1 amide bonds. The number of hydrogen-bond donors (Lipinski definition) is 1. The van der Waals surface area contributed by atoms with Crippen molar-refractivity contribution in [3.63, 3.8) is 0 Å². The van der Waals surface area contributed by atoms with Gasteiger partial charge in [0, 0.05) is 24.7 Å². The third-order valence-corrected chi connectivity index (χ3v) is 4.14. The van der Waals surface area contributed by atoms with Crippen molar-refractivity contribution >= 4 is 11.6 Å². The third kappa shape index (κ3) is 3.83. The lowest BCUT2D eigenvalue weighted by Crippen LogP contribution is -2.36. The number of benzene rings is 1. The van der Waals surface area contributed by atoms with Gasteiger partial charge in [-0.3, -0.25) is 4.79 Å². The zero-order chi connectivity index (χ0) is 14.4. The van der Waals surface area contributed by atoms with Crippen molar-refractivity contribution in [1.29, 1.82) is 0 Å². The first-order chi connectivity index (χ1) is 9.72. The fraction of sp³-hybridized carbons (Fsp3) is 0.588. The van der Waals surface area contributed by atoms with E-state index in [1.807, 2.05) is 30.0 Å². The first-order valence-electron chi connectivity index (χ1n) is 7.81. The van der Waals surface area contributed by atoms with E-state index < -0.39 is 0 Å². The Morgan fingerprint density at radius 3 is 2.80 bits per heavy atom. The highest BCUT2D eigenvalue weighted by atomic mass is 16.2. The molecule has 1 heterocycles. The summed E-state index contributed by atoms with van der Waals surface area (Å²) in [7, 11) is 0. The maximum atomic E-state index is 12.5. The van der Waals surface area contributed by atoms with Crippen LogP contribution >= 0.6 is 0 Å². The molecule has 1 saturated heterocycles. The fourth-order valence-corrected chi connectivity index (χ4v) is 2.95. The Bertz CT molecular complexity index is 438. The van der Waals surface area contributed by atoms with Crippen LogP contribution < -0.4 is 10.2 Å². The number of rotatable bonds is 5. The molecular weight excluding hydrogens is 248 g/mol. The second-order valence-corrected chi connectivity index (χ2v) is 5.61. The Labute approximate surface area is 122 Å². The van der Waals surface area contributed by atoms with Crippen molar-refractivity contribution in [2.24, 2.45) is 0 Å². The SMILES string of the molecule is CCN(C(=O)CCC1CCCCN1)c1ccccc1C. The average Bonchev–Trinajstić information content (AvgIpc) is 2.49. The van der Waals surface area contributed by atoms with Gasteiger partial charge < -0.3 is 10.2 Å². The van der Waals surface area contributed by atoms with Crippen molar-refractivity contribution in [2.75, 3.05) is 18.0 Å². The highest BCUT2D eigenvalue weighted by molar-refractivity contribution is 5.94. The van der Waals surface area contributed by atoms with Gasteiger partial charge in [0.25, 0.3) is 0 Å². The predicted octanol–water partition coefficient (Wildman–Crippen LogP) is 3.27. The summed E-state index contributed by atoms with van der Waals surface area (Å²) in [5.41, 5.74) is 2.22. The molecule has 0 aromatic heterocycles. The van der Waals surface area contributed by atoms with Gasteiger partial charge in [-0.05, 0) is 51.3 Å². The Balaban J connectivity index is 1.93. The second-order valence-electron chi connectivity index (χ2n) is 5.61. The van der Waals surface area contributed by atoms with Crippen molar-refractivity contribution in [3.8, 4) is 0 Å². The lowest BCUT2D eigenvalue weighted by Gasteiger charge is -2.26. The fourth-order valence-electron chi connectivity index (χ4n) is 2.95. The maximum Gasteiger partial charge on any atom is 0.227 e. The lowest BCUT2D eigenvalue weighted by atomic mass is 10.00. The number of aryl methyl sites for hydroxylation is 1. The van der Waals surface area contributed by atoms with Gasteiger partial charge >= 0.3 is 0 Å². The molecule has 3 heteroatoms. The average molecular weight is 274 g/mol. The number of amides is 1. The van der Waals surface area contributed by atoms with Crippen molar-refractivity contribution in [1.82, 2.24) is 5.32 Å². The number of nitrogens with zero attached hydrogens (tertiary/aromatic N) is 1. The molecule has 1 atom stereocenters. The molecule has 0 radical (unpaired) electrons. The molecule has 110 valence electrons. The molecule has 0 saturated carbocycles. The normalized spacial score (nSPS) is 18.8. The number of piperidine rings is 1. The molecule has 1 unspecified atom stereocenters. The first kappa shape index (κ1) is 15.0. The molecular formula is C17H26N2O. The standard InChI is InChI=1S/C17H26N2O/c1-3-19(16-10-5-4-8-14(16)2)17(20)12-11-15-9-6-7-13-18-15/h4-5,8,10,15,18H,3,6-7,9,11-13H2,1-2H3. The van der Waals surface area contributed by atoms with Crippen LogP contribution in [-0.2, 0) is 4.79 Å². The van der Waals surface area contributed by atoms with Gasteiger partial charge in [-0.25, -0.2) is 0 Å². The van der Waals surface area contributed by atoms with Gasteiger partial charge in [0.05, 0.1) is 0 Å². The smallest absolute Gasteiger partial charge is 0.227 e. The maximum absolute atomic E-state index is 12.5. The van der Waals surface area contributed by atoms with Gasteiger partial charge in [0.1, 0.15) is 0 Å². The monoisotopic (exact) mass is 274 g/mol. The largest absolute Gasteiger partial charge is 0.314 e. The van der Waals surface area contributed by atoms with E-state index in [0.29, 0.717) is 12.5 Å². The third-order valence-electron chi connectivity index (χ3n) is 4.14. The van der Waals surface area contributed by atoms with Gasteiger partial charge in [-0.15, -0.1) is 0 Å². The number of nitrogens with one attached hydrogen (secondary N) is 1. The summed E-state index contributed by atoms with van der Waals surface area (Å²) >= 11 is 0. The Hall–Kier alpha value is -1.35. The minimum Gasteiger partial charge on any atom is -0.314 e. The van der Waals surface area contributed by atoms with Gasteiger partial charge in [0.2, 0.25) is 5.91 Å². The highest BCUT2D eigenvalue weighted by Gasteiger charge is 2.18. The number of anilines is 1. The zero-order valence-electron chi connectivity index (χ0n) is 12.7. The van der Waals surface area contributed by atoms with Crippen LogP contribution in [0.5, 0.6) is 0 Å². The van der Waals surface area contributed by atoms with Crippen LogP contribution in [0.3, 0.4) is 0 Å². The summed E-state index contributed by atoms with van der Waals surface area (Å²) in [6.07, 6.45) is 5.38. The summed E-state index contributed by atoms with van der Waals surface area (Å²) < 4.78 is 0. The number of hydrogen-bond acceptors (Lipinski definition) is 2. The number of para-hydroxylation sites is 1. The van der Waals surface area contributed by atoms with Gasteiger partial charge in [-0.2, -0.15) is 0 Å². The summed E-state index contributed by atoms with van der Waals surface area (Å²) in [6, 6.07) is 8.65. The number of carbonyl (C=O) groups excluding carboxylic acids is 1. The Kier molecular flexibility index (Phi) is 5.60. The van der Waals surface area contributed by atoms with E-state index in [0.717, 1.165) is 25.2 Å². The van der Waals surface area contributed by atoms with E-state index in [2.05, 4.69) is 18.3 Å². The van der Waals surface area contributed by atoms with Crippen molar-refractivity contribution in [3.05, 3.63) is 29.8 Å². The van der Waals surface area contributed by atoms with E-state index in [1.165, 1.54) is 24.8 Å². The van der Waals surface area contributed by atoms with Crippen molar-refractivity contribution in [2.45, 2.75) is 52.0 Å². The Morgan fingerprint density at radius 2 is 2.15 bits per heavy atom. The molecule has 1 aliphatic rings. The predicted molar refractivity (Wildman–Crippen MR) is 84.1 cm³/mol. The lowest BCUT2D eigenvalue weighted by molar-refractivity contribution is -0.118. The molecule has 1 aliphatic heterocycles. The molecule has 0 spiro atoms. The number of carbonyl (C=O) groups is 1. The summed E-state index contributed by atoms with van der Waals surface area (Å²) in [5.74, 6) is 0.245. The molecule has 3 nitrogen and oxygen atoms in total. The summed E-state index contributed by atoms with van der Waals surface area (Å²) in [6.45, 7) is 5.95. The van der Waals surface area contributed by atoms with E-state index >= 15 is 0 Å². The Morgan fingerprint density at radius 1 is 1.35 bits per heavy atom. The minimum absolute atomic E-state index is 0.245. The van der Waals surface area contributed by atoms with Gasteiger partial charge in [-0.1, -0.05) is 24.6 Å². The van der Waals surface area contributed by atoms with Crippen LogP contribution in [0.1, 0.15) is 44.6 Å². The van der Waals surface area contributed by atoms with E-state index in [9.17, 15) is 4.79 Å². The van der Waals surface area contributed by atoms with Crippen LogP contribution in [0.25, 0.3) is 0 Å². The highest BCUT2D eigenvalue weighted by Crippen LogP contribution is 2.21.